The second-order valence-corrected chi connectivity index (χ2v) is 15.9. The number of benzene rings is 1. The van der Waals surface area contributed by atoms with Gasteiger partial charge in [-0.25, -0.2) is 14.5 Å². The summed E-state index contributed by atoms with van der Waals surface area (Å²) in [4.78, 5) is 28.9. The standard InChI is InChI=1S/C27H31Cl3N2O11S/c1-6-25-10-13(22(33)40-4)20-26(7-8-32(35,23(25)26)11-16-21(25)42-16)14-9-15(43-44(5,36)37)18(38-2)19(39-3)17(14)31(20)24(34)41-12-27(28,29)30/h9,16,21,23H,6-8,10-12H2,1-5H3/t16-,21-,23+,25-,26+,32?/m1/s1. The Morgan fingerprint density at radius 3 is 2.45 bits per heavy atom. The van der Waals surface area contributed by atoms with Gasteiger partial charge in [0.2, 0.25) is 9.54 Å². The normalized spacial score (nSPS) is 33.1. The first-order chi connectivity index (χ1) is 20.5. The lowest BCUT2D eigenvalue weighted by atomic mass is 9.53. The molecule has 1 aliphatic carbocycles. The van der Waals surface area contributed by atoms with Crippen LogP contribution in [0.3, 0.4) is 0 Å². The van der Waals surface area contributed by atoms with Crippen molar-refractivity contribution in [2.75, 3.05) is 52.2 Å². The lowest BCUT2D eigenvalue weighted by Crippen LogP contribution is -2.69. The molecule has 0 aromatic heterocycles. The number of alkyl halides is 3. The summed E-state index contributed by atoms with van der Waals surface area (Å²) in [6.45, 7) is 1.61. The molecular formula is C27H31Cl3N2O11S. The van der Waals surface area contributed by atoms with Gasteiger partial charge in [0, 0.05) is 12.0 Å². The third-order valence-electron chi connectivity index (χ3n) is 9.60. The minimum atomic E-state index is -4.09. The fraction of sp³-hybridized carbons (Fsp3) is 0.630. The summed E-state index contributed by atoms with van der Waals surface area (Å²) >= 11 is 17.7. The Hall–Kier alpha value is -2.20. The number of quaternary nitrogens is 1. The third-order valence-corrected chi connectivity index (χ3v) is 10.4. The van der Waals surface area contributed by atoms with E-state index in [0.29, 0.717) is 12.0 Å². The number of anilines is 1. The molecule has 5 aliphatic rings. The summed E-state index contributed by atoms with van der Waals surface area (Å²) < 4.78 is 55.6. The van der Waals surface area contributed by atoms with Gasteiger partial charge in [-0.05, 0) is 18.9 Å². The smallest absolute Gasteiger partial charge is 0.419 e. The second kappa shape index (κ2) is 10.1. The molecule has 0 bridgehead atoms. The molecule has 0 N–H and O–H groups in total. The van der Waals surface area contributed by atoms with Gasteiger partial charge in [-0.15, -0.1) is 0 Å². The number of carbonyl (C=O) groups excluding carboxylic acids is 2. The Morgan fingerprint density at radius 2 is 1.89 bits per heavy atom. The maximum absolute atomic E-state index is 14.9. The molecule has 6 atom stereocenters. The second-order valence-electron chi connectivity index (χ2n) is 11.8. The zero-order valence-electron chi connectivity index (χ0n) is 24.5. The van der Waals surface area contributed by atoms with Gasteiger partial charge in [0.25, 0.3) is 0 Å². The van der Waals surface area contributed by atoms with Gasteiger partial charge < -0.3 is 37.7 Å². The van der Waals surface area contributed by atoms with Crippen molar-refractivity contribution in [2.45, 2.75) is 53.6 Å². The average molecular weight is 698 g/mol. The van der Waals surface area contributed by atoms with E-state index in [1.807, 2.05) is 6.92 Å². The van der Waals surface area contributed by atoms with Crippen molar-refractivity contribution in [2.24, 2.45) is 5.41 Å². The van der Waals surface area contributed by atoms with Gasteiger partial charge in [0.15, 0.2) is 11.5 Å². The molecule has 17 heteroatoms. The molecule has 1 spiro atoms. The number of hydrogen-bond donors (Lipinski definition) is 0. The minimum Gasteiger partial charge on any atom is -0.632 e. The van der Waals surface area contributed by atoms with Crippen LogP contribution in [0.15, 0.2) is 17.3 Å². The largest absolute Gasteiger partial charge is 0.632 e. The van der Waals surface area contributed by atoms with E-state index in [2.05, 4.69) is 0 Å². The van der Waals surface area contributed by atoms with Crippen LogP contribution in [0.2, 0.25) is 0 Å². The minimum absolute atomic E-state index is 0.0788. The van der Waals surface area contributed by atoms with Crippen molar-refractivity contribution in [3.8, 4) is 17.2 Å². The van der Waals surface area contributed by atoms with E-state index >= 15 is 0 Å². The molecule has 3 saturated heterocycles. The Balaban J connectivity index is 1.73. The van der Waals surface area contributed by atoms with E-state index in [4.69, 9.17) is 62.7 Å². The van der Waals surface area contributed by atoms with Crippen LogP contribution in [-0.2, 0) is 34.5 Å². The van der Waals surface area contributed by atoms with Crippen LogP contribution >= 0.6 is 34.8 Å². The lowest BCUT2D eigenvalue weighted by Gasteiger charge is -2.59. The summed E-state index contributed by atoms with van der Waals surface area (Å²) in [7, 11) is -0.299. The fourth-order valence-electron chi connectivity index (χ4n) is 8.40. The lowest BCUT2D eigenvalue weighted by molar-refractivity contribution is -0.907. The number of fused-ring (bicyclic) bond motifs is 3. The van der Waals surface area contributed by atoms with Crippen molar-refractivity contribution in [1.29, 1.82) is 0 Å². The Morgan fingerprint density at radius 1 is 1.20 bits per heavy atom. The van der Waals surface area contributed by atoms with Gasteiger partial charge in [-0.2, -0.15) is 8.42 Å². The molecule has 3 fully saturated rings. The zero-order chi connectivity index (χ0) is 32.2. The summed E-state index contributed by atoms with van der Waals surface area (Å²) in [5.74, 6) is -1.18. The SMILES string of the molecule is CC[C@@]12CC(C(=O)OC)=C3N(C(=O)OCC(Cl)(Cl)Cl)c4c(cc(OS(C)(=O)=O)c(OC)c4OC)[C@@]34CC[N+]([O-])(C[C@H]3O[C@H]31)[C@@H]24. The molecule has 1 aromatic rings. The highest BCUT2D eigenvalue weighted by Gasteiger charge is 2.80. The molecule has 0 radical (unpaired) electrons. The Bertz CT molecular complexity index is 1600. The molecule has 1 amide bonds. The number of rotatable bonds is 7. The number of esters is 1. The van der Waals surface area contributed by atoms with E-state index in [1.165, 1.54) is 27.4 Å². The van der Waals surface area contributed by atoms with Crippen LogP contribution < -0.4 is 18.6 Å². The molecule has 6 rings (SSSR count). The number of hydroxylamine groups is 3. The number of halogens is 3. The van der Waals surface area contributed by atoms with E-state index in [1.54, 1.807) is 0 Å². The predicted molar refractivity (Wildman–Crippen MR) is 158 cm³/mol. The number of nitrogens with zero attached hydrogens (tertiary/aromatic N) is 2. The highest BCUT2D eigenvalue weighted by Crippen LogP contribution is 2.73. The van der Waals surface area contributed by atoms with Crippen LogP contribution in [0.4, 0.5) is 10.5 Å². The summed E-state index contributed by atoms with van der Waals surface area (Å²) in [6.07, 6.45) is -0.00407. The number of epoxide rings is 1. The summed E-state index contributed by atoms with van der Waals surface area (Å²) in [5.41, 5.74) is -1.45. The van der Waals surface area contributed by atoms with E-state index in [0.717, 1.165) is 11.2 Å². The van der Waals surface area contributed by atoms with Crippen molar-refractivity contribution in [1.82, 2.24) is 0 Å². The zero-order valence-corrected chi connectivity index (χ0v) is 27.6. The van der Waals surface area contributed by atoms with Gasteiger partial charge in [0.1, 0.15) is 37.1 Å². The highest BCUT2D eigenvalue weighted by atomic mass is 35.6. The number of carbonyl (C=O) groups is 2. The number of methoxy groups -OCH3 is 3. The third kappa shape index (κ3) is 4.39. The Kier molecular flexibility index (Phi) is 7.33. The number of hydrogen-bond acceptors (Lipinski definition) is 11. The van der Waals surface area contributed by atoms with Crippen molar-refractivity contribution < 1.29 is 50.5 Å². The highest BCUT2D eigenvalue weighted by molar-refractivity contribution is 7.86. The van der Waals surface area contributed by atoms with Crippen LogP contribution in [0.25, 0.3) is 0 Å². The average Bonchev–Trinajstić information content (AvgIpc) is 3.57. The van der Waals surface area contributed by atoms with Gasteiger partial charge in [0.05, 0.1) is 56.2 Å². The first-order valence-corrected chi connectivity index (χ1v) is 16.7. The van der Waals surface area contributed by atoms with Crippen LogP contribution in [0, 0.1) is 10.6 Å². The fourth-order valence-corrected chi connectivity index (χ4v) is 9.01. The molecule has 1 unspecified atom stereocenters. The quantitative estimate of drug-likeness (QED) is 0.102. The van der Waals surface area contributed by atoms with Crippen LogP contribution in [0.5, 0.6) is 17.2 Å². The van der Waals surface area contributed by atoms with E-state index < -0.39 is 54.1 Å². The first-order valence-electron chi connectivity index (χ1n) is 13.8. The first kappa shape index (κ1) is 31.8. The van der Waals surface area contributed by atoms with Crippen molar-refractivity contribution in [3.05, 3.63) is 28.1 Å². The monoisotopic (exact) mass is 696 g/mol. The van der Waals surface area contributed by atoms with Crippen molar-refractivity contribution in [3.63, 3.8) is 0 Å². The molecule has 242 valence electrons. The molecule has 13 nitrogen and oxygen atoms in total. The number of amides is 1. The molecule has 4 heterocycles. The summed E-state index contributed by atoms with van der Waals surface area (Å²) in [6, 6.07) is 0.678. The Labute approximate surface area is 269 Å². The van der Waals surface area contributed by atoms with Crippen LogP contribution in [-0.4, -0.2) is 94.5 Å². The molecular weight excluding hydrogens is 667 g/mol. The maximum Gasteiger partial charge on any atom is 0.419 e. The van der Waals surface area contributed by atoms with Gasteiger partial charge in [-0.3, -0.25) is 0 Å². The van der Waals surface area contributed by atoms with Crippen molar-refractivity contribution >= 4 is 62.7 Å². The molecule has 4 aliphatic heterocycles. The number of piperidine rings is 1. The number of ether oxygens (including phenoxy) is 5. The van der Waals surface area contributed by atoms with E-state index in [-0.39, 0.29) is 72.3 Å². The summed E-state index contributed by atoms with van der Waals surface area (Å²) in [5, 5.41) is 14.9. The van der Waals surface area contributed by atoms with E-state index in [9.17, 15) is 23.2 Å². The van der Waals surface area contributed by atoms with Gasteiger partial charge >= 0.3 is 22.2 Å². The molecule has 44 heavy (non-hydrogen) atoms. The predicted octanol–water partition coefficient (Wildman–Crippen LogP) is 3.70. The van der Waals surface area contributed by atoms with Crippen LogP contribution in [0.1, 0.15) is 31.7 Å². The maximum atomic E-state index is 14.9. The molecule has 0 saturated carbocycles. The van der Waals surface area contributed by atoms with Gasteiger partial charge in [-0.1, -0.05) is 41.7 Å². The topological polar surface area (TPSA) is 153 Å². The molecule has 1 aromatic carbocycles.